The van der Waals surface area contributed by atoms with Gasteiger partial charge in [0.2, 0.25) is 0 Å². The molecule has 0 aliphatic carbocycles. The first-order chi connectivity index (χ1) is 15.5. The van der Waals surface area contributed by atoms with E-state index in [0.29, 0.717) is 5.69 Å². The summed E-state index contributed by atoms with van der Waals surface area (Å²) in [7, 11) is 2.13. The number of amides is 1. The number of ether oxygens (including phenoxy) is 1. The molecule has 0 spiro atoms. The maximum atomic E-state index is 12.4. The van der Waals surface area contributed by atoms with Crippen LogP contribution in [0.15, 0.2) is 54.6 Å². The van der Waals surface area contributed by atoms with Crippen LogP contribution < -0.4 is 15.0 Å². The quantitative estimate of drug-likeness (QED) is 0.644. The zero-order valence-electron chi connectivity index (χ0n) is 18.8. The third kappa shape index (κ3) is 5.23. The van der Waals surface area contributed by atoms with Crippen molar-refractivity contribution in [2.45, 2.75) is 13.8 Å². The molecule has 1 aliphatic heterocycles. The normalized spacial score (nSPS) is 14.3. The van der Waals surface area contributed by atoms with E-state index in [-0.39, 0.29) is 12.5 Å². The Balaban J connectivity index is 1.38. The van der Waals surface area contributed by atoms with Crippen LogP contribution in [-0.4, -0.2) is 60.8 Å². The number of benzene rings is 2. The number of piperazine rings is 1. The molecule has 1 amide bonds. The molecule has 2 aromatic carbocycles. The average molecular weight is 432 g/mol. The van der Waals surface area contributed by atoms with E-state index in [1.54, 1.807) is 0 Å². The number of likely N-dealkylation sites (N-methyl/N-ethyl adjacent to an activating group) is 1. The molecule has 4 rings (SSSR count). The van der Waals surface area contributed by atoms with Crippen molar-refractivity contribution in [3.8, 4) is 17.0 Å². The maximum absolute atomic E-state index is 12.4. The summed E-state index contributed by atoms with van der Waals surface area (Å²) in [6.07, 6.45) is 0. The molecule has 2 heterocycles. The second kappa shape index (κ2) is 9.78. The van der Waals surface area contributed by atoms with Crippen molar-refractivity contribution in [2.75, 3.05) is 50.1 Å². The van der Waals surface area contributed by atoms with Crippen molar-refractivity contribution in [1.29, 1.82) is 0 Å². The van der Waals surface area contributed by atoms with Crippen molar-refractivity contribution in [3.63, 3.8) is 0 Å². The van der Waals surface area contributed by atoms with Crippen molar-refractivity contribution >= 4 is 17.4 Å². The summed E-state index contributed by atoms with van der Waals surface area (Å²) < 4.78 is 5.75. The van der Waals surface area contributed by atoms with Crippen molar-refractivity contribution in [3.05, 3.63) is 65.7 Å². The molecule has 0 radical (unpaired) electrons. The predicted molar refractivity (Wildman–Crippen MR) is 127 cm³/mol. The summed E-state index contributed by atoms with van der Waals surface area (Å²) in [6, 6.07) is 17.5. The molecule has 0 unspecified atom stereocenters. The third-order valence-corrected chi connectivity index (χ3v) is 5.68. The van der Waals surface area contributed by atoms with Crippen molar-refractivity contribution in [1.82, 2.24) is 15.1 Å². The largest absolute Gasteiger partial charge is 0.483 e. The van der Waals surface area contributed by atoms with E-state index in [0.717, 1.165) is 60.1 Å². The smallest absolute Gasteiger partial charge is 0.262 e. The number of aromatic nitrogens is 2. The molecule has 1 aromatic heterocycles. The van der Waals surface area contributed by atoms with Gasteiger partial charge >= 0.3 is 0 Å². The average Bonchev–Trinajstić information content (AvgIpc) is 2.80. The summed E-state index contributed by atoms with van der Waals surface area (Å²) in [6.45, 7) is 7.86. The molecule has 1 aliphatic rings. The van der Waals surface area contributed by atoms with E-state index in [4.69, 9.17) is 4.74 Å². The highest BCUT2D eigenvalue weighted by molar-refractivity contribution is 5.92. The molecule has 7 nitrogen and oxygen atoms in total. The van der Waals surface area contributed by atoms with Crippen molar-refractivity contribution < 1.29 is 9.53 Å². The van der Waals surface area contributed by atoms with E-state index in [1.165, 1.54) is 0 Å². The topological polar surface area (TPSA) is 70.6 Å². The second-order valence-electron chi connectivity index (χ2n) is 8.21. The highest BCUT2D eigenvalue weighted by atomic mass is 16.5. The maximum Gasteiger partial charge on any atom is 0.262 e. The highest BCUT2D eigenvalue weighted by Crippen LogP contribution is 2.24. The minimum Gasteiger partial charge on any atom is -0.483 e. The van der Waals surface area contributed by atoms with E-state index in [9.17, 15) is 4.79 Å². The van der Waals surface area contributed by atoms with E-state index in [2.05, 4.69) is 32.4 Å². The SMILES string of the molecule is Cc1cccc(C)c1OCC(=O)Nc1cccc(-c2ccc(N3CCN(C)CC3)nn2)c1. The summed E-state index contributed by atoms with van der Waals surface area (Å²) in [5.74, 6) is 1.45. The first kappa shape index (κ1) is 21.8. The number of hydrogen-bond acceptors (Lipinski definition) is 6. The number of nitrogens with zero attached hydrogens (tertiary/aromatic N) is 4. The molecular formula is C25H29N5O2. The van der Waals surface area contributed by atoms with Crippen LogP contribution in [-0.2, 0) is 4.79 Å². The van der Waals surface area contributed by atoms with Gasteiger partial charge in [0.25, 0.3) is 5.91 Å². The first-order valence-electron chi connectivity index (χ1n) is 10.9. The fourth-order valence-electron chi connectivity index (χ4n) is 3.80. The molecule has 32 heavy (non-hydrogen) atoms. The molecule has 1 fully saturated rings. The van der Waals surface area contributed by atoms with Gasteiger partial charge in [-0.2, -0.15) is 0 Å². The van der Waals surface area contributed by atoms with Gasteiger partial charge in [0.15, 0.2) is 12.4 Å². The molecule has 1 N–H and O–H groups in total. The number of anilines is 2. The summed E-state index contributed by atoms with van der Waals surface area (Å²) in [5.41, 5.74) is 4.39. The number of carbonyl (C=O) groups is 1. The molecule has 3 aromatic rings. The lowest BCUT2D eigenvalue weighted by atomic mass is 10.1. The highest BCUT2D eigenvalue weighted by Gasteiger charge is 2.16. The van der Waals surface area contributed by atoms with Gasteiger partial charge in [0.05, 0.1) is 5.69 Å². The Morgan fingerprint density at radius 2 is 1.69 bits per heavy atom. The van der Waals surface area contributed by atoms with Gasteiger partial charge in [-0.1, -0.05) is 30.3 Å². The minimum atomic E-state index is -0.207. The Morgan fingerprint density at radius 1 is 0.969 bits per heavy atom. The Morgan fingerprint density at radius 3 is 2.38 bits per heavy atom. The van der Waals surface area contributed by atoms with Crippen LogP contribution in [0.25, 0.3) is 11.3 Å². The van der Waals surface area contributed by atoms with Gasteiger partial charge in [-0.25, -0.2) is 0 Å². The van der Waals surface area contributed by atoms with Crippen LogP contribution in [0.4, 0.5) is 11.5 Å². The number of carbonyl (C=O) groups excluding carboxylic acids is 1. The van der Waals surface area contributed by atoms with Crippen LogP contribution >= 0.6 is 0 Å². The van der Waals surface area contributed by atoms with Crippen LogP contribution in [0, 0.1) is 13.8 Å². The van der Waals surface area contributed by atoms with Gasteiger partial charge < -0.3 is 19.9 Å². The molecule has 0 bridgehead atoms. The molecular weight excluding hydrogens is 402 g/mol. The van der Waals surface area contributed by atoms with Crippen molar-refractivity contribution in [2.24, 2.45) is 0 Å². The van der Waals surface area contributed by atoms with E-state index in [1.807, 2.05) is 68.4 Å². The van der Waals surface area contributed by atoms with Gasteiger partial charge in [-0.3, -0.25) is 4.79 Å². The second-order valence-corrected chi connectivity index (χ2v) is 8.21. The van der Waals surface area contributed by atoms with Crippen LogP contribution in [0.5, 0.6) is 5.75 Å². The number of rotatable bonds is 6. The predicted octanol–water partition coefficient (Wildman–Crippen LogP) is 3.53. The number of aryl methyl sites for hydroxylation is 2. The lowest BCUT2D eigenvalue weighted by molar-refractivity contribution is -0.118. The molecule has 0 atom stereocenters. The number of nitrogens with one attached hydrogen (secondary N) is 1. The van der Waals surface area contributed by atoms with Crippen LogP contribution in [0.3, 0.4) is 0 Å². The van der Waals surface area contributed by atoms with E-state index >= 15 is 0 Å². The Labute approximate surface area is 189 Å². The van der Waals surface area contributed by atoms with Crippen LogP contribution in [0.1, 0.15) is 11.1 Å². The van der Waals surface area contributed by atoms with Gasteiger partial charge in [0, 0.05) is 37.4 Å². The zero-order chi connectivity index (χ0) is 22.5. The fourth-order valence-corrected chi connectivity index (χ4v) is 3.80. The molecule has 1 saturated heterocycles. The zero-order valence-corrected chi connectivity index (χ0v) is 18.8. The monoisotopic (exact) mass is 431 g/mol. The third-order valence-electron chi connectivity index (χ3n) is 5.68. The Hall–Kier alpha value is -3.45. The Bertz CT molecular complexity index is 1060. The minimum absolute atomic E-state index is 0.0462. The number of hydrogen-bond donors (Lipinski definition) is 1. The standard InChI is InChI=1S/C25H29N5O2/c1-18-6-4-7-19(2)25(18)32-17-24(31)26-21-9-5-8-20(16-21)22-10-11-23(28-27-22)30-14-12-29(3)13-15-30/h4-11,16H,12-15,17H2,1-3H3,(H,26,31). The lowest BCUT2D eigenvalue weighted by Gasteiger charge is -2.32. The van der Waals surface area contributed by atoms with Gasteiger partial charge in [0.1, 0.15) is 5.75 Å². The molecule has 0 saturated carbocycles. The van der Waals surface area contributed by atoms with E-state index < -0.39 is 0 Å². The van der Waals surface area contributed by atoms with Gasteiger partial charge in [-0.05, 0) is 56.3 Å². The molecule has 166 valence electrons. The summed E-state index contributed by atoms with van der Waals surface area (Å²) in [4.78, 5) is 17.0. The fraction of sp³-hybridized carbons (Fsp3) is 0.320. The Kier molecular flexibility index (Phi) is 6.66. The summed E-state index contributed by atoms with van der Waals surface area (Å²) in [5, 5.41) is 11.7. The first-order valence-corrected chi connectivity index (χ1v) is 10.9. The number of para-hydroxylation sites is 1. The van der Waals surface area contributed by atoms with Gasteiger partial charge in [-0.15, -0.1) is 10.2 Å². The lowest BCUT2D eigenvalue weighted by Crippen LogP contribution is -2.44. The summed E-state index contributed by atoms with van der Waals surface area (Å²) >= 11 is 0. The van der Waals surface area contributed by atoms with Crippen LogP contribution in [0.2, 0.25) is 0 Å². The molecule has 7 heteroatoms.